The molecular formula is C14H15N3S. The fourth-order valence-electron chi connectivity index (χ4n) is 1.72. The summed E-state index contributed by atoms with van der Waals surface area (Å²) in [6.07, 6.45) is 1.47. The summed E-state index contributed by atoms with van der Waals surface area (Å²) in [6.45, 7) is 2.95. The minimum absolute atomic E-state index is 0.473. The second-order valence-corrected chi connectivity index (χ2v) is 5.01. The summed E-state index contributed by atoms with van der Waals surface area (Å²) in [5.74, 6) is 0. The molecule has 4 heteroatoms. The van der Waals surface area contributed by atoms with Gasteiger partial charge in [-0.05, 0) is 24.6 Å². The van der Waals surface area contributed by atoms with Crippen LogP contribution in [-0.4, -0.2) is 11.5 Å². The van der Waals surface area contributed by atoms with E-state index in [4.69, 9.17) is 5.26 Å². The fourth-order valence-corrected chi connectivity index (χ4v) is 2.50. The number of aromatic nitrogens is 1. The molecule has 0 radical (unpaired) electrons. The van der Waals surface area contributed by atoms with Crippen molar-refractivity contribution >= 4 is 17.0 Å². The second-order valence-electron chi connectivity index (χ2n) is 4.07. The highest BCUT2D eigenvalue weighted by Crippen LogP contribution is 2.14. The van der Waals surface area contributed by atoms with Crippen LogP contribution in [0.4, 0.5) is 5.69 Å². The van der Waals surface area contributed by atoms with Gasteiger partial charge in [0.05, 0.1) is 23.7 Å². The van der Waals surface area contributed by atoms with Crippen molar-refractivity contribution in [3.8, 4) is 6.07 Å². The number of hydrogen-bond acceptors (Lipinski definition) is 4. The molecule has 0 aliphatic heterocycles. The second kappa shape index (κ2) is 6.18. The molecule has 1 N–H and O–H groups in total. The summed E-state index contributed by atoms with van der Waals surface area (Å²) in [5, 5.41) is 12.0. The van der Waals surface area contributed by atoms with E-state index in [0.29, 0.717) is 6.42 Å². The van der Waals surface area contributed by atoms with E-state index in [1.54, 1.807) is 11.3 Å². The van der Waals surface area contributed by atoms with Crippen LogP contribution in [0.15, 0.2) is 29.8 Å². The lowest BCUT2D eigenvalue weighted by Crippen LogP contribution is -2.04. The summed E-state index contributed by atoms with van der Waals surface area (Å²) in [5.41, 5.74) is 5.17. The number of nitrogens with zero attached hydrogens (tertiary/aromatic N) is 2. The Hall–Kier alpha value is -1.86. The Kier molecular flexibility index (Phi) is 4.32. The molecule has 0 fully saturated rings. The Morgan fingerprint density at radius 1 is 1.33 bits per heavy atom. The third-order valence-electron chi connectivity index (χ3n) is 2.76. The van der Waals surface area contributed by atoms with E-state index in [2.05, 4.69) is 16.4 Å². The van der Waals surface area contributed by atoms with Crippen molar-refractivity contribution in [1.82, 2.24) is 4.98 Å². The largest absolute Gasteiger partial charge is 0.385 e. The number of aryl methyl sites for hydroxylation is 1. The SMILES string of the molecule is Cc1ncsc1CCNc1ccc(CC#N)cc1. The Morgan fingerprint density at radius 2 is 2.11 bits per heavy atom. The number of nitriles is 1. The van der Waals surface area contributed by atoms with Gasteiger partial charge >= 0.3 is 0 Å². The highest BCUT2D eigenvalue weighted by molar-refractivity contribution is 7.09. The molecule has 0 saturated heterocycles. The van der Waals surface area contributed by atoms with Crippen LogP contribution in [0.5, 0.6) is 0 Å². The number of nitrogens with one attached hydrogen (secondary N) is 1. The van der Waals surface area contributed by atoms with E-state index in [1.165, 1.54) is 4.88 Å². The van der Waals surface area contributed by atoms with Crippen molar-refractivity contribution in [2.24, 2.45) is 0 Å². The van der Waals surface area contributed by atoms with Crippen LogP contribution in [-0.2, 0) is 12.8 Å². The molecule has 0 aliphatic rings. The van der Waals surface area contributed by atoms with Gasteiger partial charge < -0.3 is 5.32 Å². The maximum Gasteiger partial charge on any atom is 0.0797 e. The topological polar surface area (TPSA) is 48.7 Å². The Bertz CT molecular complexity index is 537. The van der Waals surface area contributed by atoms with E-state index in [9.17, 15) is 0 Å². The molecule has 1 aromatic heterocycles. The number of rotatable bonds is 5. The average Bonchev–Trinajstić information content (AvgIpc) is 2.78. The first-order chi connectivity index (χ1) is 8.79. The summed E-state index contributed by atoms with van der Waals surface area (Å²) in [4.78, 5) is 5.57. The summed E-state index contributed by atoms with van der Waals surface area (Å²) in [7, 11) is 0. The highest BCUT2D eigenvalue weighted by Gasteiger charge is 2.00. The van der Waals surface area contributed by atoms with E-state index in [1.807, 2.05) is 36.7 Å². The van der Waals surface area contributed by atoms with Crippen LogP contribution >= 0.6 is 11.3 Å². The minimum Gasteiger partial charge on any atom is -0.385 e. The Labute approximate surface area is 111 Å². The fraction of sp³-hybridized carbons (Fsp3) is 0.286. The molecule has 3 nitrogen and oxygen atoms in total. The summed E-state index contributed by atoms with van der Waals surface area (Å²) < 4.78 is 0. The third-order valence-corrected chi connectivity index (χ3v) is 3.76. The quantitative estimate of drug-likeness (QED) is 0.895. The lowest BCUT2D eigenvalue weighted by atomic mass is 10.1. The molecule has 18 heavy (non-hydrogen) atoms. The Morgan fingerprint density at radius 3 is 2.72 bits per heavy atom. The summed E-state index contributed by atoms with van der Waals surface area (Å²) >= 11 is 1.71. The van der Waals surface area contributed by atoms with Gasteiger partial charge in [-0.25, -0.2) is 4.98 Å². The zero-order valence-electron chi connectivity index (χ0n) is 10.3. The van der Waals surface area contributed by atoms with Gasteiger partial charge in [-0.15, -0.1) is 11.3 Å². The van der Waals surface area contributed by atoms with E-state index >= 15 is 0 Å². The standard InChI is InChI=1S/C14H15N3S/c1-11-14(18-10-17-11)7-9-16-13-4-2-12(3-5-13)6-8-15/h2-5,10,16H,6-7,9H2,1H3. The van der Waals surface area contributed by atoms with Gasteiger partial charge in [0.1, 0.15) is 0 Å². The molecule has 0 bridgehead atoms. The van der Waals surface area contributed by atoms with Crippen LogP contribution in [0.1, 0.15) is 16.1 Å². The predicted octanol–water partition coefficient (Wildman–Crippen LogP) is 3.17. The van der Waals surface area contributed by atoms with Crippen molar-refractivity contribution < 1.29 is 0 Å². The maximum atomic E-state index is 8.59. The molecule has 92 valence electrons. The van der Waals surface area contributed by atoms with Crippen LogP contribution in [0.2, 0.25) is 0 Å². The van der Waals surface area contributed by atoms with Crippen molar-refractivity contribution in [1.29, 1.82) is 5.26 Å². The average molecular weight is 257 g/mol. The van der Waals surface area contributed by atoms with E-state index in [0.717, 1.165) is 29.9 Å². The zero-order chi connectivity index (χ0) is 12.8. The first-order valence-corrected chi connectivity index (χ1v) is 6.76. The maximum absolute atomic E-state index is 8.59. The van der Waals surface area contributed by atoms with Gasteiger partial charge in [-0.3, -0.25) is 0 Å². The van der Waals surface area contributed by atoms with Gasteiger partial charge in [0.2, 0.25) is 0 Å². The molecular weight excluding hydrogens is 242 g/mol. The highest BCUT2D eigenvalue weighted by atomic mass is 32.1. The first-order valence-electron chi connectivity index (χ1n) is 5.88. The molecule has 1 heterocycles. The molecule has 0 atom stereocenters. The van der Waals surface area contributed by atoms with Crippen molar-refractivity contribution in [3.63, 3.8) is 0 Å². The van der Waals surface area contributed by atoms with Crippen LogP contribution < -0.4 is 5.32 Å². The molecule has 2 rings (SSSR count). The van der Waals surface area contributed by atoms with Crippen LogP contribution in [0.3, 0.4) is 0 Å². The van der Waals surface area contributed by atoms with Gasteiger partial charge in [-0.2, -0.15) is 5.26 Å². The summed E-state index contributed by atoms with van der Waals surface area (Å²) in [6, 6.07) is 10.2. The third kappa shape index (κ3) is 3.31. The Balaban J connectivity index is 1.83. The van der Waals surface area contributed by atoms with Crippen LogP contribution in [0.25, 0.3) is 0 Å². The zero-order valence-corrected chi connectivity index (χ0v) is 11.1. The number of anilines is 1. The number of benzene rings is 1. The molecule has 2 aromatic rings. The normalized spacial score (nSPS) is 10.0. The van der Waals surface area contributed by atoms with Crippen LogP contribution in [0, 0.1) is 18.3 Å². The van der Waals surface area contributed by atoms with Gasteiger partial charge in [0.15, 0.2) is 0 Å². The monoisotopic (exact) mass is 257 g/mol. The molecule has 0 spiro atoms. The molecule has 0 saturated carbocycles. The lowest BCUT2D eigenvalue weighted by Gasteiger charge is -2.06. The molecule has 0 aliphatic carbocycles. The van der Waals surface area contributed by atoms with Crippen molar-refractivity contribution in [2.45, 2.75) is 19.8 Å². The van der Waals surface area contributed by atoms with E-state index in [-0.39, 0.29) is 0 Å². The minimum atomic E-state index is 0.473. The van der Waals surface area contributed by atoms with Gasteiger partial charge in [0.25, 0.3) is 0 Å². The van der Waals surface area contributed by atoms with Crippen molar-refractivity contribution in [3.05, 3.63) is 45.9 Å². The predicted molar refractivity (Wildman–Crippen MR) is 74.8 cm³/mol. The molecule has 1 aromatic carbocycles. The smallest absolute Gasteiger partial charge is 0.0797 e. The van der Waals surface area contributed by atoms with Gasteiger partial charge in [0, 0.05) is 23.5 Å². The lowest BCUT2D eigenvalue weighted by molar-refractivity contribution is 1.02. The number of hydrogen-bond donors (Lipinski definition) is 1. The number of thiazole rings is 1. The van der Waals surface area contributed by atoms with Crippen molar-refractivity contribution in [2.75, 3.05) is 11.9 Å². The van der Waals surface area contributed by atoms with E-state index < -0.39 is 0 Å². The first kappa shape index (κ1) is 12.6. The molecule has 0 amide bonds. The van der Waals surface area contributed by atoms with Gasteiger partial charge in [-0.1, -0.05) is 12.1 Å². The molecule has 0 unspecified atom stereocenters.